The predicted octanol–water partition coefficient (Wildman–Crippen LogP) is 2.01. The van der Waals surface area contributed by atoms with Crippen LogP contribution in [0.5, 0.6) is 0 Å². The largest absolute Gasteiger partial charge is 0.469 e. The average molecular weight is 258 g/mol. The van der Waals surface area contributed by atoms with Gasteiger partial charge in [-0.15, -0.1) is 0 Å². The Balaban J connectivity index is 2.74. The molecule has 1 rings (SSSR count). The molecular formula is C10H12BrNO2. The van der Waals surface area contributed by atoms with E-state index < -0.39 is 0 Å². The maximum absolute atomic E-state index is 11.0. The minimum Gasteiger partial charge on any atom is -0.469 e. The molecule has 4 heteroatoms. The molecule has 0 aliphatic carbocycles. The van der Waals surface area contributed by atoms with Gasteiger partial charge in [-0.1, -0.05) is 34.1 Å². The van der Waals surface area contributed by atoms with E-state index in [-0.39, 0.29) is 18.4 Å². The monoisotopic (exact) mass is 257 g/mol. The third-order valence-electron chi connectivity index (χ3n) is 1.92. The van der Waals surface area contributed by atoms with Crippen molar-refractivity contribution in [3.8, 4) is 0 Å². The standard InChI is InChI=1S/C10H12BrNO2/c1-14-10(13)6-9(12)7-4-2-3-5-8(7)11/h2-5,9H,6,12H2,1H3. The van der Waals surface area contributed by atoms with Crippen LogP contribution in [-0.4, -0.2) is 13.1 Å². The lowest BCUT2D eigenvalue weighted by Crippen LogP contribution is -2.16. The molecule has 0 saturated heterocycles. The smallest absolute Gasteiger partial charge is 0.307 e. The van der Waals surface area contributed by atoms with Crippen LogP contribution in [0.15, 0.2) is 28.7 Å². The van der Waals surface area contributed by atoms with Crippen LogP contribution in [0.2, 0.25) is 0 Å². The summed E-state index contributed by atoms with van der Waals surface area (Å²) in [6.45, 7) is 0. The van der Waals surface area contributed by atoms with Crippen LogP contribution in [0.3, 0.4) is 0 Å². The van der Waals surface area contributed by atoms with Gasteiger partial charge in [0.15, 0.2) is 0 Å². The number of esters is 1. The Kier molecular flexibility index (Phi) is 4.10. The Morgan fingerprint density at radius 1 is 1.57 bits per heavy atom. The zero-order valence-corrected chi connectivity index (χ0v) is 9.45. The summed E-state index contributed by atoms with van der Waals surface area (Å²) in [5.41, 5.74) is 6.76. The topological polar surface area (TPSA) is 52.3 Å². The van der Waals surface area contributed by atoms with Crippen molar-refractivity contribution in [3.05, 3.63) is 34.3 Å². The summed E-state index contributed by atoms with van der Waals surface area (Å²) in [6, 6.07) is 7.25. The molecule has 1 atom stereocenters. The van der Waals surface area contributed by atoms with E-state index in [0.29, 0.717) is 0 Å². The van der Waals surface area contributed by atoms with E-state index >= 15 is 0 Å². The van der Waals surface area contributed by atoms with Gasteiger partial charge in [0, 0.05) is 10.5 Å². The molecule has 0 aliphatic heterocycles. The van der Waals surface area contributed by atoms with Gasteiger partial charge in [-0.25, -0.2) is 0 Å². The van der Waals surface area contributed by atoms with Crippen LogP contribution in [0, 0.1) is 0 Å². The number of rotatable bonds is 3. The lowest BCUT2D eigenvalue weighted by Gasteiger charge is -2.11. The summed E-state index contributed by atoms with van der Waals surface area (Å²) in [7, 11) is 1.36. The molecule has 0 aliphatic rings. The fraction of sp³-hybridized carbons (Fsp3) is 0.300. The van der Waals surface area contributed by atoms with Gasteiger partial charge in [0.05, 0.1) is 13.5 Å². The van der Waals surface area contributed by atoms with Crippen LogP contribution in [0.1, 0.15) is 18.0 Å². The van der Waals surface area contributed by atoms with Gasteiger partial charge in [0.2, 0.25) is 0 Å². The number of hydrogen-bond donors (Lipinski definition) is 1. The molecule has 0 amide bonds. The minimum absolute atomic E-state index is 0.194. The van der Waals surface area contributed by atoms with Crippen molar-refractivity contribution < 1.29 is 9.53 Å². The average Bonchev–Trinajstić information content (AvgIpc) is 2.18. The molecule has 2 N–H and O–H groups in total. The van der Waals surface area contributed by atoms with Crippen LogP contribution < -0.4 is 5.73 Å². The number of methoxy groups -OCH3 is 1. The third-order valence-corrected chi connectivity index (χ3v) is 2.64. The third kappa shape index (κ3) is 2.82. The Morgan fingerprint density at radius 2 is 2.21 bits per heavy atom. The summed E-state index contributed by atoms with van der Waals surface area (Å²) < 4.78 is 5.46. The van der Waals surface area contributed by atoms with E-state index in [9.17, 15) is 4.79 Å². The van der Waals surface area contributed by atoms with Gasteiger partial charge in [0.25, 0.3) is 0 Å². The molecule has 0 bridgehead atoms. The quantitative estimate of drug-likeness (QED) is 0.844. The van der Waals surface area contributed by atoms with Gasteiger partial charge in [-0.3, -0.25) is 4.79 Å². The van der Waals surface area contributed by atoms with Crippen molar-refractivity contribution in [3.63, 3.8) is 0 Å². The molecule has 1 aromatic rings. The van der Waals surface area contributed by atoms with E-state index in [1.807, 2.05) is 24.3 Å². The number of benzene rings is 1. The van der Waals surface area contributed by atoms with Gasteiger partial charge >= 0.3 is 5.97 Å². The van der Waals surface area contributed by atoms with E-state index in [4.69, 9.17) is 5.73 Å². The Bertz CT molecular complexity index is 328. The molecule has 0 fully saturated rings. The highest BCUT2D eigenvalue weighted by molar-refractivity contribution is 9.10. The van der Waals surface area contributed by atoms with Gasteiger partial charge < -0.3 is 10.5 Å². The van der Waals surface area contributed by atoms with Crippen LogP contribution in [0.25, 0.3) is 0 Å². The van der Waals surface area contributed by atoms with Gasteiger partial charge in [0.1, 0.15) is 0 Å². The maximum atomic E-state index is 11.0. The van der Waals surface area contributed by atoms with Crippen molar-refractivity contribution in [2.75, 3.05) is 7.11 Å². The maximum Gasteiger partial charge on any atom is 0.307 e. The summed E-state index contributed by atoms with van der Waals surface area (Å²) in [4.78, 5) is 11.0. The molecule has 0 saturated carbocycles. The van der Waals surface area contributed by atoms with Crippen LogP contribution >= 0.6 is 15.9 Å². The molecule has 0 spiro atoms. The second kappa shape index (κ2) is 5.12. The fourth-order valence-corrected chi connectivity index (χ4v) is 1.73. The summed E-state index contributed by atoms with van der Waals surface area (Å²) in [5.74, 6) is -0.298. The number of carbonyl (C=O) groups excluding carboxylic acids is 1. The molecule has 14 heavy (non-hydrogen) atoms. The van der Waals surface area contributed by atoms with E-state index in [1.54, 1.807) is 0 Å². The highest BCUT2D eigenvalue weighted by Gasteiger charge is 2.13. The SMILES string of the molecule is COC(=O)CC(N)c1ccccc1Br. The molecule has 1 aromatic carbocycles. The predicted molar refractivity (Wildman–Crippen MR) is 57.7 cm³/mol. The second-order valence-corrected chi connectivity index (χ2v) is 3.76. The molecular weight excluding hydrogens is 246 g/mol. The van der Waals surface area contributed by atoms with Crippen molar-refractivity contribution >= 4 is 21.9 Å². The normalized spacial score (nSPS) is 12.2. The minimum atomic E-state index is -0.321. The lowest BCUT2D eigenvalue weighted by atomic mass is 10.1. The number of nitrogens with two attached hydrogens (primary N) is 1. The zero-order valence-electron chi connectivity index (χ0n) is 7.87. The highest BCUT2D eigenvalue weighted by Crippen LogP contribution is 2.23. The first-order valence-corrected chi connectivity index (χ1v) is 5.01. The van der Waals surface area contributed by atoms with Crippen molar-refractivity contribution in [1.82, 2.24) is 0 Å². The first-order chi connectivity index (χ1) is 6.65. The fourth-order valence-electron chi connectivity index (χ4n) is 1.15. The molecule has 3 nitrogen and oxygen atoms in total. The zero-order chi connectivity index (χ0) is 10.6. The van der Waals surface area contributed by atoms with E-state index in [1.165, 1.54) is 7.11 Å². The van der Waals surface area contributed by atoms with Crippen molar-refractivity contribution in [2.24, 2.45) is 5.73 Å². The Hall–Kier alpha value is -0.870. The molecule has 1 unspecified atom stereocenters. The van der Waals surface area contributed by atoms with Crippen LogP contribution in [0.4, 0.5) is 0 Å². The molecule has 0 heterocycles. The Labute approximate surface area is 91.4 Å². The lowest BCUT2D eigenvalue weighted by molar-refractivity contribution is -0.141. The Morgan fingerprint density at radius 3 is 2.79 bits per heavy atom. The second-order valence-electron chi connectivity index (χ2n) is 2.91. The summed E-state index contributed by atoms with van der Waals surface area (Å²) in [6.07, 6.45) is 0.194. The highest BCUT2D eigenvalue weighted by atomic mass is 79.9. The molecule has 0 radical (unpaired) electrons. The van der Waals surface area contributed by atoms with Crippen molar-refractivity contribution in [2.45, 2.75) is 12.5 Å². The van der Waals surface area contributed by atoms with E-state index in [2.05, 4.69) is 20.7 Å². The first kappa shape index (κ1) is 11.2. The summed E-state index contributed by atoms with van der Waals surface area (Å²) >= 11 is 3.38. The van der Waals surface area contributed by atoms with Crippen molar-refractivity contribution in [1.29, 1.82) is 0 Å². The number of halogens is 1. The van der Waals surface area contributed by atoms with Gasteiger partial charge in [-0.2, -0.15) is 0 Å². The summed E-state index contributed by atoms with van der Waals surface area (Å²) in [5, 5.41) is 0. The van der Waals surface area contributed by atoms with Gasteiger partial charge in [-0.05, 0) is 11.6 Å². The van der Waals surface area contributed by atoms with E-state index in [0.717, 1.165) is 10.0 Å². The van der Waals surface area contributed by atoms with Crippen LogP contribution in [-0.2, 0) is 9.53 Å². The molecule has 76 valence electrons. The first-order valence-electron chi connectivity index (χ1n) is 4.22. The molecule has 0 aromatic heterocycles. The number of carbonyl (C=O) groups is 1. The number of hydrogen-bond acceptors (Lipinski definition) is 3. The number of ether oxygens (including phenoxy) is 1.